The monoisotopic (exact) mass is 707 g/mol. The first-order valence-corrected chi connectivity index (χ1v) is 18.8. The summed E-state index contributed by atoms with van der Waals surface area (Å²) in [6.07, 6.45) is 5.00. The van der Waals surface area contributed by atoms with Crippen molar-refractivity contribution in [1.82, 2.24) is 15.5 Å². The number of ether oxygens (including phenoxy) is 1. The molecule has 5 rings (SSSR count). The summed E-state index contributed by atoms with van der Waals surface area (Å²) in [6.45, 7) is 8.02. The van der Waals surface area contributed by atoms with Crippen molar-refractivity contribution in [3.05, 3.63) is 100 Å². The Morgan fingerprint density at radius 1 is 1.02 bits per heavy atom. The summed E-state index contributed by atoms with van der Waals surface area (Å²) in [5.74, 6) is 0.0450. The van der Waals surface area contributed by atoms with E-state index in [1.54, 1.807) is 29.2 Å². The van der Waals surface area contributed by atoms with E-state index in [1.165, 1.54) is 11.3 Å². The molecule has 9 nitrogen and oxygen atoms in total. The van der Waals surface area contributed by atoms with Crippen LogP contribution in [0.2, 0.25) is 0 Å². The van der Waals surface area contributed by atoms with Crippen LogP contribution in [0.5, 0.6) is 5.75 Å². The molecular weight excluding hydrogens is 659 g/mol. The fourth-order valence-electron chi connectivity index (χ4n) is 6.24. The highest BCUT2D eigenvalue weighted by atomic mass is 32.1. The van der Waals surface area contributed by atoms with Crippen LogP contribution in [0, 0.1) is 11.4 Å². The number of carbonyl (C=O) groups excluding carboxylic acids is 3. The number of nitrogens with one attached hydrogen (secondary N) is 3. The third kappa shape index (κ3) is 10.3. The molecule has 1 atom stereocenters. The third-order valence-electron chi connectivity index (χ3n) is 9.12. The number of rotatable bonds is 18. The summed E-state index contributed by atoms with van der Waals surface area (Å²) in [4.78, 5) is 45.6. The minimum Gasteiger partial charge on any atom is -0.491 e. The molecule has 51 heavy (non-hydrogen) atoms. The van der Waals surface area contributed by atoms with Gasteiger partial charge in [-0.05, 0) is 99.5 Å². The molecule has 10 heteroatoms. The first-order valence-electron chi connectivity index (χ1n) is 18.0. The second kappa shape index (κ2) is 19.2. The van der Waals surface area contributed by atoms with Gasteiger partial charge in [0.1, 0.15) is 17.2 Å². The van der Waals surface area contributed by atoms with E-state index in [0.717, 1.165) is 67.0 Å². The molecular formula is C41H49N5O4S. The summed E-state index contributed by atoms with van der Waals surface area (Å²) in [5, 5.41) is 12.7. The number of Topliss-reactive ketones (excluding diaryl/α,β-unsaturated/α-hetero) is 1. The third-order valence-corrected chi connectivity index (χ3v) is 9.97. The van der Waals surface area contributed by atoms with Crippen LogP contribution in [-0.2, 0) is 11.2 Å². The standard InChI is InChI=1S/C41H49N5O4S/c1-4-23-45(30(2)42-3)25-22-43-29-33(47)15-12-26-50-38-28-32(41(49)46-24-11-10-18-39-37(46)21-27-51-39)19-20-36(38)44-40(48)35-17-9-8-16-34(35)31-13-6-5-7-14-31/h5-9,13-14,16-17,19-20,28,30,42-43H,4,10-12,15,18,22-26,29H2,1-3H3,(H,44,48). The Morgan fingerprint density at radius 3 is 2.63 bits per heavy atom. The molecule has 1 aliphatic rings. The number of nitrogens with zero attached hydrogens (tertiary/aromatic N) is 2. The zero-order valence-corrected chi connectivity index (χ0v) is 30.7. The Balaban J connectivity index is 1.26. The van der Waals surface area contributed by atoms with Gasteiger partial charge < -0.3 is 25.6 Å². The molecule has 1 aliphatic heterocycles. The smallest absolute Gasteiger partial charge is 0.258 e. The van der Waals surface area contributed by atoms with Gasteiger partial charge in [0.25, 0.3) is 11.8 Å². The average Bonchev–Trinajstić information content (AvgIpc) is 3.53. The number of amides is 2. The summed E-state index contributed by atoms with van der Waals surface area (Å²) in [7, 11) is 1.95. The van der Waals surface area contributed by atoms with Crippen molar-refractivity contribution < 1.29 is 19.1 Å². The van der Waals surface area contributed by atoms with E-state index in [1.807, 2.05) is 55.6 Å². The van der Waals surface area contributed by atoms with E-state index in [9.17, 15) is 14.4 Å². The molecule has 0 aliphatic carbocycles. The van der Waals surface area contributed by atoms with E-state index in [0.29, 0.717) is 48.5 Å². The van der Waals surface area contributed by atoms with Gasteiger partial charge in [-0.15, -0.1) is 0 Å². The number of hydrogen-bond donors (Lipinski definition) is 3. The zero-order chi connectivity index (χ0) is 36.0. The molecule has 0 saturated carbocycles. The van der Waals surface area contributed by atoms with Crippen molar-refractivity contribution in [2.45, 2.75) is 58.5 Å². The first-order chi connectivity index (χ1) is 24.9. The van der Waals surface area contributed by atoms with E-state index >= 15 is 0 Å². The lowest BCUT2D eigenvalue weighted by molar-refractivity contribution is -0.118. The number of fused-ring (bicyclic) bond motifs is 1. The van der Waals surface area contributed by atoms with Crippen LogP contribution in [0.4, 0.5) is 11.4 Å². The second-order valence-electron chi connectivity index (χ2n) is 12.8. The van der Waals surface area contributed by atoms with E-state index < -0.39 is 0 Å². The number of benzene rings is 3. The first kappa shape index (κ1) is 37.7. The second-order valence-corrected chi connectivity index (χ2v) is 13.7. The maximum atomic E-state index is 13.9. The average molecular weight is 708 g/mol. The minimum absolute atomic E-state index is 0.109. The molecule has 0 saturated heterocycles. The number of anilines is 2. The largest absolute Gasteiger partial charge is 0.491 e. The molecule has 2 heterocycles. The minimum atomic E-state index is -0.290. The summed E-state index contributed by atoms with van der Waals surface area (Å²) in [5.41, 5.74) is 3.96. The van der Waals surface area contributed by atoms with Gasteiger partial charge in [-0.1, -0.05) is 66.8 Å². The van der Waals surface area contributed by atoms with Gasteiger partial charge in [-0.25, -0.2) is 0 Å². The topological polar surface area (TPSA) is 103 Å². The van der Waals surface area contributed by atoms with E-state index in [2.05, 4.69) is 46.1 Å². The van der Waals surface area contributed by atoms with Crippen molar-refractivity contribution in [3.8, 4) is 16.9 Å². The number of aryl methyl sites for hydroxylation is 1. The highest BCUT2D eigenvalue weighted by Crippen LogP contribution is 2.33. The van der Waals surface area contributed by atoms with Crippen molar-refractivity contribution >= 4 is 40.3 Å². The SMILES string of the molecule is CCCN(CCNCC(=O)CCCOc1cc(C(=O)N2CCCCc3sc#cc32)ccc1NC(=O)c1ccccc1-c1ccccc1)C(C)NC. The van der Waals surface area contributed by atoms with Gasteiger partial charge in [0, 0.05) is 42.1 Å². The quantitative estimate of drug-likeness (QED) is 0.0769. The lowest BCUT2D eigenvalue weighted by Gasteiger charge is -2.28. The maximum absolute atomic E-state index is 13.9. The Labute approximate surface area is 306 Å². The van der Waals surface area contributed by atoms with Gasteiger partial charge in [0.05, 0.1) is 25.0 Å². The normalized spacial score (nSPS) is 13.2. The molecule has 0 bridgehead atoms. The van der Waals surface area contributed by atoms with Crippen LogP contribution in [0.25, 0.3) is 11.1 Å². The Hall–Kier alpha value is -4.53. The number of hydrogen-bond acceptors (Lipinski definition) is 8. The molecule has 0 fully saturated rings. The number of ketones is 1. The fourth-order valence-corrected chi connectivity index (χ4v) is 7.02. The van der Waals surface area contributed by atoms with Gasteiger partial charge in [-0.3, -0.25) is 19.3 Å². The summed E-state index contributed by atoms with van der Waals surface area (Å²) < 4.78 is 6.24. The molecule has 4 aromatic rings. The predicted octanol–water partition coefficient (Wildman–Crippen LogP) is 6.85. The van der Waals surface area contributed by atoms with E-state index in [-0.39, 0.29) is 30.4 Å². The van der Waals surface area contributed by atoms with Crippen LogP contribution >= 0.6 is 11.3 Å². The maximum Gasteiger partial charge on any atom is 0.258 e. The lowest BCUT2D eigenvalue weighted by atomic mass is 9.99. The van der Waals surface area contributed by atoms with Gasteiger partial charge in [0.2, 0.25) is 0 Å². The molecule has 1 aromatic heterocycles. The van der Waals surface area contributed by atoms with Gasteiger partial charge >= 0.3 is 0 Å². The van der Waals surface area contributed by atoms with Crippen LogP contribution in [0.1, 0.15) is 71.5 Å². The molecule has 268 valence electrons. The molecule has 0 radical (unpaired) electrons. The van der Waals surface area contributed by atoms with Crippen molar-refractivity contribution in [3.63, 3.8) is 0 Å². The van der Waals surface area contributed by atoms with Crippen LogP contribution in [-0.4, -0.2) is 75.0 Å². The van der Waals surface area contributed by atoms with Gasteiger partial charge in [0.15, 0.2) is 0 Å². The van der Waals surface area contributed by atoms with Crippen LogP contribution in [0.15, 0.2) is 72.8 Å². The highest BCUT2D eigenvalue weighted by molar-refractivity contribution is 7.09. The Kier molecular flexibility index (Phi) is 14.2. The van der Waals surface area contributed by atoms with Crippen molar-refractivity contribution in [2.24, 2.45) is 0 Å². The number of carbonyl (C=O) groups is 3. The summed E-state index contributed by atoms with van der Waals surface area (Å²) in [6, 6.07) is 25.5. The fraction of sp³-hybridized carbons (Fsp3) is 0.390. The van der Waals surface area contributed by atoms with E-state index in [4.69, 9.17) is 4.74 Å². The summed E-state index contributed by atoms with van der Waals surface area (Å²) >= 11 is 1.51. The van der Waals surface area contributed by atoms with Crippen molar-refractivity contribution in [2.75, 3.05) is 56.6 Å². The molecule has 0 spiro atoms. The molecule has 3 aromatic carbocycles. The predicted molar refractivity (Wildman–Crippen MR) is 206 cm³/mol. The molecule has 1 unspecified atom stereocenters. The Morgan fingerprint density at radius 2 is 1.82 bits per heavy atom. The highest BCUT2D eigenvalue weighted by Gasteiger charge is 2.25. The van der Waals surface area contributed by atoms with Crippen LogP contribution < -0.4 is 25.6 Å². The lowest BCUT2D eigenvalue weighted by Crippen LogP contribution is -2.45. The van der Waals surface area contributed by atoms with Crippen LogP contribution in [0.3, 0.4) is 0 Å². The Bertz CT molecular complexity index is 1740. The zero-order valence-electron chi connectivity index (χ0n) is 29.9. The molecule has 2 amide bonds. The van der Waals surface area contributed by atoms with Gasteiger partial charge in [-0.2, -0.15) is 0 Å². The van der Waals surface area contributed by atoms with Crippen molar-refractivity contribution in [1.29, 1.82) is 0 Å². The molecule has 3 N–H and O–H groups in total.